The zero-order chi connectivity index (χ0) is 16.8. The fraction of sp³-hybridized carbons (Fsp3) is 0.524. The van der Waals surface area contributed by atoms with E-state index in [-0.39, 0.29) is 0 Å². The van der Waals surface area contributed by atoms with Crippen molar-refractivity contribution >= 4 is 10.8 Å². The van der Waals surface area contributed by atoms with Crippen LogP contribution in [-0.2, 0) is 6.42 Å². The normalized spacial score (nSPS) is 17.0. The maximum Gasteiger partial charge on any atom is 0.0110 e. The molecule has 130 valence electrons. The van der Waals surface area contributed by atoms with Gasteiger partial charge in [-0.2, -0.15) is 0 Å². The third-order valence-electron chi connectivity index (χ3n) is 5.12. The summed E-state index contributed by atoms with van der Waals surface area (Å²) in [4.78, 5) is 7.53. The van der Waals surface area contributed by atoms with Gasteiger partial charge >= 0.3 is 0 Å². The lowest BCUT2D eigenvalue weighted by Gasteiger charge is -2.35. The van der Waals surface area contributed by atoms with Crippen LogP contribution in [0.5, 0.6) is 0 Å². The Bertz CT molecular complexity index is 625. The molecule has 1 saturated heterocycles. The lowest BCUT2D eigenvalue weighted by Crippen LogP contribution is -2.47. The van der Waals surface area contributed by atoms with Crippen molar-refractivity contribution in [1.82, 2.24) is 14.7 Å². The van der Waals surface area contributed by atoms with Crippen molar-refractivity contribution in [3.63, 3.8) is 0 Å². The molecule has 0 N–H and O–H groups in total. The van der Waals surface area contributed by atoms with Gasteiger partial charge in [0.15, 0.2) is 0 Å². The van der Waals surface area contributed by atoms with Crippen molar-refractivity contribution in [2.24, 2.45) is 0 Å². The summed E-state index contributed by atoms with van der Waals surface area (Å²) in [5, 5.41) is 2.78. The molecule has 1 heterocycles. The summed E-state index contributed by atoms with van der Waals surface area (Å²) < 4.78 is 0. The molecule has 0 radical (unpaired) electrons. The molecule has 1 aliphatic rings. The molecule has 0 aliphatic carbocycles. The molecule has 2 aromatic rings. The van der Waals surface area contributed by atoms with Gasteiger partial charge in [-0.05, 0) is 56.4 Å². The van der Waals surface area contributed by atoms with Gasteiger partial charge < -0.3 is 14.7 Å². The van der Waals surface area contributed by atoms with Crippen LogP contribution in [-0.4, -0.2) is 74.6 Å². The predicted octanol–water partition coefficient (Wildman–Crippen LogP) is 2.95. The Kier molecular flexibility index (Phi) is 6.24. The number of hydrogen-bond donors (Lipinski definition) is 0. The van der Waals surface area contributed by atoms with E-state index in [1.54, 1.807) is 0 Å². The van der Waals surface area contributed by atoms with Crippen LogP contribution >= 0.6 is 0 Å². The monoisotopic (exact) mass is 325 g/mol. The highest BCUT2D eigenvalue weighted by Crippen LogP contribution is 2.19. The number of piperazine rings is 1. The summed E-state index contributed by atoms with van der Waals surface area (Å²) >= 11 is 0. The molecule has 2 aromatic carbocycles. The Hall–Kier alpha value is -1.42. The second-order valence-corrected chi connectivity index (χ2v) is 7.23. The molecule has 1 fully saturated rings. The minimum atomic E-state index is 1.15. The van der Waals surface area contributed by atoms with E-state index in [0.29, 0.717) is 0 Å². The lowest BCUT2D eigenvalue weighted by atomic mass is 10.0. The summed E-state index contributed by atoms with van der Waals surface area (Å²) in [6.07, 6.45) is 2.44. The molecule has 0 spiro atoms. The van der Waals surface area contributed by atoms with E-state index < -0.39 is 0 Å². The zero-order valence-corrected chi connectivity index (χ0v) is 15.2. The molecule has 3 nitrogen and oxygen atoms in total. The van der Waals surface area contributed by atoms with Gasteiger partial charge in [0.05, 0.1) is 0 Å². The molecule has 0 atom stereocenters. The minimum absolute atomic E-state index is 1.15. The molecular formula is C21H31N3. The van der Waals surface area contributed by atoms with Gasteiger partial charge in [0.2, 0.25) is 0 Å². The van der Waals surface area contributed by atoms with Gasteiger partial charge in [0, 0.05) is 32.7 Å². The van der Waals surface area contributed by atoms with E-state index in [0.717, 1.165) is 6.42 Å². The number of rotatable bonds is 7. The standard InChI is InChI=1S/C21H31N3/c1-22(2)12-6-13-23-15-17-24(18-16-23)14-11-20-9-5-8-19-7-3-4-10-21(19)20/h3-5,7-10H,6,11-18H2,1-2H3. The maximum absolute atomic E-state index is 2.63. The molecule has 24 heavy (non-hydrogen) atoms. The fourth-order valence-electron chi connectivity index (χ4n) is 3.64. The van der Waals surface area contributed by atoms with Crippen molar-refractivity contribution in [3.8, 4) is 0 Å². The van der Waals surface area contributed by atoms with E-state index in [1.165, 1.54) is 68.6 Å². The molecule has 0 unspecified atom stereocenters. The minimum Gasteiger partial charge on any atom is -0.309 e. The number of hydrogen-bond acceptors (Lipinski definition) is 3. The van der Waals surface area contributed by atoms with Gasteiger partial charge in [0.25, 0.3) is 0 Å². The smallest absolute Gasteiger partial charge is 0.0110 e. The summed E-state index contributed by atoms with van der Waals surface area (Å²) in [5.41, 5.74) is 1.49. The average Bonchev–Trinajstić information content (AvgIpc) is 2.61. The lowest BCUT2D eigenvalue weighted by molar-refractivity contribution is 0.130. The van der Waals surface area contributed by atoms with Crippen LogP contribution in [0.25, 0.3) is 10.8 Å². The summed E-state index contributed by atoms with van der Waals surface area (Å²) in [5.74, 6) is 0. The first-order valence-electron chi connectivity index (χ1n) is 9.28. The van der Waals surface area contributed by atoms with E-state index in [4.69, 9.17) is 0 Å². The van der Waals surface area contributed by atoms with E-state index in [9.17, 15) is 0 Å². The average molecular weight is 326 g/mol. The molecular weight excluding hydrogens is 294 g/mol. The first-order valence-corrected chi connectivity index (χ1v) is 9.28. The Morgan fingerprint density at radius 3 is 2.25 bits per heavy atom. The number of benzene rings is 2. The number of fused-ring (bicyclic) bond motifs is 1. The van der Waals surface area contributed by atoms with Crippen LogP contribution in [0, 0.1) is 0 Å². The SMILES string of the molecule is CN(C)CCCN1CCN(CCc2cccc3ccccc23)CC1. The molecule has 0 bridgehead atoms. The van der Waals surface area contributed by atoms with E-state index in [1.807, 2.05) is 0 Å². The van der Waals surface area contributed by atoms with Gasteiger partial charge in [0.1, 0.15) is 0 Å². The van der Waals surface area contributed by atoms with Gasteiger partial charge in [-0.3, -0.25) is 0 Å². The van der Waals surface area contributed by atoms with Crippen molar-refractivity contribution in [2.45, 2.75) is 12.8 Å². The Morgan fingerprint density at radius 1 is 0.833 bits per heavy atom. The molecule has 0 aromatic heterocycles. The van der Waals surface area contributed by atoms with Crippen molar-refractivity contribution in [2.75, 3.05) is 59.9 Å². The van der Waals surface area contributed by atoms with Crippen molar-refractivity contribution < 1.29 is 0 Å². The summed E-state index contributed by atoms with van der Waals surface area (Å²) in [6.45, 7) is 8.50. The quantitative estimate of drug-likeness (QED) is 0.775. The molecule has 0 saturated carbocycles. The van der Waals surface area contributed by atoms with Crippen molar-refractivity contribution in [1.29, 1.82) is 0 Å². The predicted molar refractivity (Wildman–Crippen MR) is 104 cm³/mol. The van der Waals surface area contributed by atoms with Gasteiger partial charge in [-0.1, -0.05) is 42.5 Å². The van der Waals surface area contributed by atoms with E-state index in [2.05, 4.69) is 71.3 Å². The highest BCUT2D eigenvalue weighted by molar-refractivity contribution is 5.85. The Labute approximate surface area is 146 Å². The fourth-order valence-corrected chi connectivity index (χ4v) is 3.64. The summed E-state index contributed by atoms with van der Waals surface area (Å²) in [7, 11) is 4.32. The second kappa shape index (κ2) is 8.61. The van der Waals surface area contributed by atoms with Crippen LogP contribution in [0.2, 0.25) is 0 Å². The first-order chi connectivity index (χ1) is 11.7. The van der Waals surface area contributed by atoms with Crippen LogP contribution in [0.1, 0.15) is 12.0 Å². The van der Waals surface area contributed by atoms with Crippen molar-refractivity contribution in [3.05, 3.63) is 48.0 Å². The largest absolute Gasteiger partial charge is 0.309 e. The third-order valence-corrected chi connectivity index (χ3v) is 5.12. The van der Waals surface area contributed by atoms with E-state index >= 15 is 0 Å². The zero-order valence-electron chi connectivity index (χ0n) is 15.2. The topological polar surface area (TPSA) is 9.72 Å². The highest BCUT2D eigenvalue weighted by Gasteiger charge is 2.16. The maximum atomic E-state index is 2.63. The Morgan fingerprint density at radius 2 is 1.50 bits per heavy atom. The van der Waals surface area contributed by atoms with Gasteiger partial charge in [-0.15, -0.1) is 0 Å². The van der Waals surface area contributed by atoms with Crippen LogP contribution < -0.4 is 0 Å². The van der Waals surface area contributed by atoms with Crippen LogP contribution in [0.15, 0.2) is 42.5 Å². The van der Waals surface area contributed by atoms with Crippen LogP contribution in [0.4, 0.5) is 0 Å². The molecule has 0 amide bonds. The molecule has 1 aliphatic heterocycles. The number of nitrogens with zero attached hydrogens (tertiary/aromatic N) is 3. The molecule has 3 heteroatoms. The third kappa shape index (κ3) is 4.79. The van der Waals surface area contributed by atoms with Crippen LogP contribution in [0.3, 0.4) is 0 Å². The summed E-state index contributed by atoms with van der Waals surface area (Å²) in [6, 6.07) is 15.4. The first kappa shape index (κ1) is 17.4. The van der Waals surface area contributed by atoms with Gasteiger partial charge in [-0.25, -0.2) is 0 Å². The molecule has 3 rings (SSSR count). The Balaban J connectivity index is 1.45. The second-order valence-electron chi connectivity index (χ2n) is 7.23. The highest BCUT2D eigenvalue weighted by atomic mass is 15.3.